The minimum Gasteiger partial charge on any atom is -0.396 e. The summed E-state index contributed by atoms with van der Waals surface area (Å²) in [4.78, 5) is 10.5. The summed E-state index contributed by atoms with van der Waals surface area (Å²) < 4.78 is 0. The van der Waals surface area contributed by atoms with E-state index in [1.165, 1.54) is 93.1 Å². The summed E-state index contributed by atoms with van der Waals surface area (Å²) in [5, 5.41) is 11.2. The highest BCUT2D eigenvalue weighted by Crippen LogP contribution is 2.27. The van der Waals surface area contributed by atoms with Crippen LogP contribution in [0.5, 0.6) is 0 Å². The number of benzene rings is 2. The number of hydrogen-bond donors (Lipinski definition) is 2. The number of carbonyl (C=O) groups excluding carboxylic acids is 1. The quantitative estimate of drug-likeness (QED) is 0.175. The Morgan fingerprint density at radius 1 is 0.435 bits per heavy atom. The van der Waals surface area contributed by atoms with E-state index in [9.17, 15) is 4.79 Å². The molecule has 0 aromatic heterocycles. The molecule has 2 rings (SSSR count). The van der Waals surface area contributed by atoms with Gasteiger partial charge in [0.25, 0.3) is 0 Å². The summed E-state index contributed by atoms with van der Waals surface area (Å²) in [6.07, 6.45) is 20.2. The third-order valence-electron chi connectivity index (χ3n) is 13.0. The molecule has 4 heteroatoms. The van der Waals surface area contributed by atoms with Gasteiger partial charge in [0.15, 0.2) is 0 Å². The molecule has 1 amide bonds. The number of thioether (sulfide) groups is 1. The molecule has 0 aliphatic heterocycles. The number of nitrogens with one attached hydrogen (secondary N) is 1. The second kappa shape index (κ2) is 57.2. The maximum absolute atomic E-state index is 10.5. The van der Waals surface area contributed by atoms with Crippen molar-refractivity contribution >= 4 is 17.7 Å². The molecule has 0 bridgehead atoms. The highest BCUT2D eigenvalue weighted by Gasteiger charge is 2.15. The summed E-state index contributed by atoms with van der Waals surface area (Å²) in [6.45, 7) is 96.7. The van der Waals surface area contributed by atoms with Crippen molar-refractivity contribution in [2.75, 3.05) is 25.2 Å². The molecule has 2 aromatic carbocycles. The standard InChI is InChI=1S/C12H18.C11H16.C10H21NO.3C8H18.C7H16S.2C7H16.C5H12O.C5H12/c1-10-5-7-11(8-6-10)9-12(2,3)4;1-11(2,3)9-10-7-5-4-6-8-10;1-9(12)11-8-6-5-7-10(2,3)4;1-7(2)6-8(3,4)5;1-7(2)5-6-8(3)4;1-5-6-7-8(2,3)4;1-7(2,3)5-6-8-4;1-6(2)7(3,4)5;1-5-6-7(2,3)4;1-5(2,3)4-6;1-5(2,3)4/h5-8H,9H2,1-4H3;4-8H,9H2,1-3H3;5-8H2,1-4H3,(H,11,12);7H,6H2,1-5H3;7-8H,5-6H2,1-4H3;5-7H2,1-4H3;5-6H2,1-4H3;6H,1-5H3;5-6H2,1-4H3;6H,4H2,1-3H3;1-4H3. The van der Waals surface area contributed by atoms with Crippen molar-refractivity contribution in [1.29, 1.82) is 0 Å². The number of aliphatic hydroxyl groups excluding tert-OH is 1. The Labute approximate surface area is 591 Å². The van der Waals surface area contributed by atoms with E-state index >= 15 is 0 Å². The fourth-order valence-corrected chi connectivity index (χ4v) is 8.14. The molecule has 0 unspecified atom stereocenters. The Morgan fingerprint density at radius 2 is 0.761 bits per heavy atom. The Balaban J connectivity index is -0.000000119. The molecule has 0 spiro atoms. The summed E-state index contributed by atoms with van der Waals surface area (Å²) in [5.74, 6) is 4.78. The van der Waals surface area contributed by atoms with Crippen LogP contribution < -0.4 is 5.32 Å². The first-order valence-corrected chi connectivity index (χ1v) is 38.5. The average molecular weight is 1320 g/mol. The van der Waals surface area contributed by atoms with Crippen LogP contribution in [0.25, 0.3) is 0 Å². The van der Waals surface area contributed by atoms with Crippen LogP contribution in [0.4, 0.5) is 0 Å². The Bertz CT molecular complexity index is 1780. The fraction of sp³-hybridized carbons (Fsp3) is 0.852. The zero-order valence-corrected chi connectivity index (χ0v) is 73.1. The third kappa shape index (κ3) is 144. The number of carbonyl (C=O) groups is 1. The number of aryl methyl sites for hydroxylation is 1. The van der Waals surface area contributed by atoms with Gasteiger partial charge < -0.3 is 10.4 Å². The van der Waals surface area contributed by atoms with E-state index in [4.69, 9.17) is 5.11 Å². The zero-order chi connectivity index (χ0) is 75.4. The Hall–Kier alpha value is -1.78. The summed E-state index contributed by atoms with van der Waals surface area (Å²) >= 11 is 1.93. The van der Waals surface area contributed by atoms with Gasteiger partial charge in [-0.05, 0) is 159 Å². The van der Waals surface area contributed by atoms with E-state index < -0.39 is 0 Å². The lowest BCUT2D eigenvalue weighted by atomic mass is 9.84. The second-order valence-corrected chi connectivity index (χ2v) is 41.5. The predicted molar refractivity (Wildman–Crippen MR) is 436 cm³/mol. The van der Waals surface area contributed by atoms with Crippen molar-refractivity contribution in [3.63, 3.8) is 0 Å². The van der Waals surface area contributed by atoms with Gasteiger partial charge in [0.2, 0.25) is 5.91 Å². The first-order valence-electron chi connectivity index (χ1n) is 37.1. The van der Waals surface area contributed by atoms with Gasteiger partial charge in [-0.1, -0.05) is 383 Å². The summed E-state index contributed by atoms with van der Waals surface area (Å²) in [7, 11) is 0. The molecule has 0 saturated carbocycles. The van der Waals surface area contributed by atoms with Crippen LogP contribution >= 0.6 is 11.8 Å². The van der Waals surface area contributed by atoms with Gasteiger partial charge in [-0.15, -0.1) is 0 Å². The predicted octanol–water partition coefficient (Wildman–Crippen LogP) is 30.0. The van der Waals surface area contributed by atoms with Crippen LogP contribution in [0, 0.1) is 84.7 Å². The second-order valence-electron chi connectivity index (χ2n) is 40.5. The van der Waals surface area contributed by atoms with Gasteiger partial charge in [0, 0.05) is 20.1 Å². The zero-order valence-electron chi connectivity index (χ0n) is 72.3. The van der Waals surface area contributed by atoms with Crippen molar-refractivity contribution < 1.29 is 9.90 Å². The third-order valence-corrected chi connectivity index (χ3v) is 13.7. The molecule has 2 N–H and O–H groups in total. The van der Waals surface area contributed by atoms with Crippen LogP contribution in [-0.2, 0) is 17.6 Å². The van der Waals surface area contributed by atoms with E-state index in [-0.39, 0.29) is 17.9 Å². The van der Waals surface area contributed by atoms with Crippen LogP contribution in [0.2, 0.25) is 0 Å². The molecule has 0 heterocycles. The van der Waals surface area contributed by atoms with Crippen LogP contribution in [-0.4, -0.2) is 36.2 Å². The van der Waals surface area contributed by atoms with Crippen molar-refractivity contribution in [2.24, 2.45) is 77.8 Å². The van der Waals surface area contributed by atoms with Gasteiger partial charge in [-0.2, -0.15) is 11.8 Å². The van der Waals surface area contributed by atoms with Gasteiger partial charge >= 0.3 is 0 Å². The largest absolute Gasteiger partial charge is 0.396 e. The molecular formula is C88H181NO2S. The Kier molecular flexibility index (Phi) is 67.6. The maximum Gasteiger partial charge on any atom is 0.216 e. The van der Waals surface area contributed by atoms with Gasteiger partial charge in [0.05, 0.1) is 0 Å². The van der Waals surface area contributed by atoms with Crippen LogP contribution in [0.15, 0.2) is 54.6 Å². The number of amides is 1. The van der Waals surface area contributed by atoms with Crippen molar-refractivity contribution in [2.45, 2.75) is 388 Å². The minimum absolute atomic E-state index is 0.0748. The molecule has 0 aliphatic rings. The van der Waals surface area contributed by atoms with Gasteiger partial charge in [-0.3, -0.25) is 4.79 Å². The number of rotatable bonds is 15. The smallest absolute Gasteiger partial charge is 0.216 e. The van der Waals surface area contributed by atoms with Gasteiger partial charge in [0.1, 0.15) is 0 Å². The molecule has 0 fully saturated rings. The van der Waals surface area contributed by atoms with E-state index in [1.54, 1.807) is 6.92 Å². The van der Waals surface area contributed by atoms with E-state index in [2.05, 4.69) is 336 Å². The maximum atomic E-state index is 10.5. The van der Waals surface area contributed by atoms with E-state index in [0.717, 1.165) is 49.5 Å². The molecule has 0 atom stereocenters. The molecular weight excluding hydrogens is 1140 g/mol. The lowest BCUT2D eigenvalue weighted by Crippen LogP contribution is -2.21. The fourth-order valence-electron chi connectivity index (χ4n) is 7.33. The lowest BCUT2D eigenvalue weighted by molar-refractivity contribution is -0.118. The molecule has 3 nitrogen and oxygen atoms in total. The van der Waals surface area contributed by atoms with Crippen molar-refractivity contribution in [3.05, 3.63) is 71.3 Å². The molecule has 0 saturated heterocycles. The lowest BCUT2D eigenvalue weighted by Gasteiger charge is -2.22. The van der Waals surface area contributed by atoms with E-state index in [0.29, 0.717) is 48.7 Å². The molecule has 92 heavy (non-hydrogen) atoms. The monoisotopic (exact) mass is 1320 g/mol. The Morgan fingerprint density at radius 3 is 0.946 bits per heavy atom. The number of unbranched alkanes of at least 4 members (excludes halogenated alkanes) is 2. The number of hydrogen-bond acceptors (Lipinski definition) is 3. The molecule has 0 radical (unpaired) electrons. The topological polar surface area (TPSA) is 49.3 Å². The first kappa shape index (κ1) is 109. The molecule has 2 aromatic rings. The summed E-state index contributed by atoms with van der Waals surface area (Å²) in [6, 6.07) is 19.4. The first-order chi connectivity index (χ1) is 40.7. The van der Waals surface area contributed by atoms with Crippen LogP contribution in [0.3, 0.4) is 0 Å². The minimum atomic E-state index is 0.0748. The number of aliphatic hydroxyl groups is 1. The molecule has 0 aliphatic carbocycles. The highest BCUT2D eigenvalue weighted by molar-refractivity contribution is 7.98. The average Bonchev–Trinajstić information content (AvgIpc) is 1.16. The molecule has 556 valence electrons. The van der Waals surface area contributed by atoms with Crippen LogP contribution in [0.1, 0.15) is 385 Å². The van der Waals surface area contributed by atoms with Gasteiger partial charge in [-0.25, -0.2) is 0 Å². The highest BCUT2D eigenvalue weighted by atomic mass is 32.2. The van der Waals surface area contributed by atoms with Crippen molar-refractivity contribution in [3.8, 4) is 0 Å². The van der Waals surface area contributed by atoms with E-state index in [1.807, 2.05) is 32.5 Å². The van der Waals surface area contributed by atoms with Crippen molar-refractivity contribution in [1.82, 2.24) is 5.32 Å². The summed E-state index contributed by atoms with van der Waals surface area (Å²) in [5.41, 5.74) is 8.69. The normalized spacial score (nSPS) is 11.9. The SMILES string of the molecule is CC(=O)NCCCCC(C)(C)C.CC(C)(C)C.CC(C)(C)CO.CC(C)(C)Cc1ccccc1.CC(C)C(C)(C)C.CC(C)CC(C)(C)C.CC(C)CCC(C)C.CCCC(C)(C)C.CCCCC(C)(C)C.CSCCC(C)(C)C.Cc1ccc(CC(C)(C)C)cc1.